The number of rotatable bonds is 4. The van der Waals surface area contributed by atoms with E-state index in [0.29, 0.717) is 0 Å². The van der Waals surface area contributed by atoms with Crippen molar-refractivity contribution in [1.82, 2.24) is 0 Å². The molecule has 92 valence electrons. The van der Waals surface area contributed by atoms with Gasteiger partial charge in [-0.3, -0.25) is 14.9 Å². The Bertz CT molecular complexity index is 529. The van der Waals surface area contributed by atoms with E-state index in [9.17, 15) is 19.7 Å². The van der Waals surface area contributed by atoms with Gasteiger partial charge in [-0.15, -0.1) is 0 Å². The average Bonchev–Trinajstić information content (AvgIpc) is 2.28. The van der Waals surface area contributed by atoms with Gasteiger partial charge in [0, 0.05) is 17.8 Å². The summed E-state index contributed by atoms with van der Waals surface area (Å²) in [5.41, 5.74) is -0.819. The Morgan fingerprint density at radius 3 is 2.61 bits per heavy atom. The van der Waals surface area contributed by atoms with Crippen LogP contribution in [0.3, 0.4) is 0 Å². The molecule has 1 aromatic carbocycles. The molecule has 0 aliphatic heterocycles. The molecule has 1 amide bonds. The van der Waals surface area contributed by atoms with Crippen LogP contribution in [0.2, 0.25) is 0 Å². The fourth-order valence-corrected chi connectivity index (χ4v) is 1.19. The number of carbonyl (C=O) groups is 2. The molecule has 0 unspecified atom stereocenters. The first-order valence-corrected chi connectivity index (χ1v) is 4.63. The Morgan fingerprint density at radius 2 is 2.11 bits per heavy atom. The first-order valence-electron chi connectivity index (χ1n) is 4.63. The highest BCUT2D eigenvalue weighted by Gasteiger charge is 2.14. The fraction of sp³-hybridized carbons (Fsp3) is 0.100. The van der Waals surface area contributed by atoms with E-state index < -0.39 is 28.9 Å². The van der Waals surface area contributed by atoms with Crippen LogP contribution >= 0.6 is 0 Å². The molecule has 0 fully saturated rings. The number of amides is 1. The van der Waals surface area contributed by atoms with E-state index in [1.807, 2.05) is 0 Å². The monoisotopic (exact) mass is 249 g/mol. The lowest BCUT2D eigenvalue weighted by Gasteiger charge is -2.04. The maximum atomic E-state index is 11.1. The summed E-state index contributed by atoms with van der Waals surface area (Å²) < 4.78 is 0. The van der Waals surface area contributed by atoms with Crippen molar-refractivity contribution in [3.05, 3.63) is 33.9 Å². The lowest BCUT2D eigenvalue weighted by Crippen LogP contribution is -2.11. The predicted molar refractivity (Wildman–Crippen MR) is 58.9 cm³/mol. The minimum atomic E-state index is -1.35. The number of anilines is 1. The van der Waals surface area contributed by atoms with Gasteiger partial charge in [0.2, 0.25) is 5.91 Å². The zero-order valence-electron chi connectivity index (χ0n) is 8.91. The third-order valence-corrected chi connectivity index (χ3v) is 1.90. The van der Waals surface area contributed by atoms with Crippen molar-refractivity contribution < 1.29 is 19.6 Å². The summed E-state index contributed by atoms with van der Waals surface area (Å²) in [7, 11) is 0. The van der Waals surface area contributed by atoms with Crippen LogP contribution < -0.4 is 5.32 Å². The number of nitriles is 1. The van der Waals surface area contributed by atoms with Gasteiger partial charge in [-0.05, 0) is 6.07 Å². The highest BCUT2D eigenvalue weighted by molar-refractivity contribution is 5.95. The molecule has 18 heavy (non-hydrogen) atoms. The van der Waals surface area contributed by atoms with E-state index in [-0.39, 0.29) is 11.3 Å². The Labute approximate surface area is 101 Å². The number of carboxylic acids is 1. The molecule has 0 aliphatic carbocycles. The molecule has 1 aromatic rings. The molecular weight excluding hydrogens is 242 g/mol. The molecule has 2 N–H and O–H groups in total. The van der Waals surface area contributed by atoms with Crippen LogP contribution in [0.1, 0.15) is 16.8 Å². The van der Waals surface area contributed by atoms with E-state index in [1.54, 1.807) is 6.07 Å². The van der Waals surface area contributed by atoms with Gasteiger partial charge in [0.15, 0.2) is 0 Å². The molecule has 8 heteroatoms. The lowest BCUT2D eigenvalue weighted by atomic mass is 10.1. The molecule has 1 rings (SSSR count). The number of hydrogen-bond acceptors (Lipinski definition) is 5. The zero-order valence-corrected chi connectivity index (χ0v) is 8.91. The summed E-state index contributed by atoms with van der Waals surface area (Å²) in [6.07, 6.45) is -0.425. The zero-order chi connectivity index (χ0) is 13.7. The SMILES string of the molecule is N#CCC(=O)Nc1cc(C(=O)O)cc([N+](=O)[O-])c1. The van der Waals surface area contributed by atoms with Crippen LogP contribution in [0.4, 0.5) is 11.4 Å². The molecule has 0 spiro atoms. The topological polar surface area (TPSA) is 133 Å². The number of non-ortho nitro benzene ring substituents is 1. The largest absolute Gasteiger partial charge is 0.478 e. The highest BCUT2D eigenvalue weighted by atomic mass is 16.6. The van der Waals surface area contributed by atoms with Crippen molar-refractivity contribution in [3.8, 4) is 6.07 Å². The third kappa shape index (κ3) is 3.28. The standard InChI is InChI=1S/C10H7N3O5/c11-2-1-9(14)12-7-3-6(10(15)16)4-8(5-7)13(17)18/h3-5H,1H2,(H,12,14)(H,15,16). The smallest absolute Gasteiger partial charge is 0.336 e. The van der Waals surface area contributed by atoms with Gasteiger partial charge in [-0.2, -0.15) is 5.26 Å². The second kappa shape index (κ2) is 5.40. The van der Waals surface area contributed by atoms with Crippen LogP contribution in [0.15, 0.2) is 18.2 Å². The van der Waals surface area contributed by atoms with Crippen molar-refractivity contribution in [2.75, 3.05) is 5.32 Å². The molecule has 0 aromatic heterocycles. The van der Waals surface area contributed by atoms with Gasteiger partial charge in [0.1, 0.15) is 6.42 Å². The van der Waals surface area contributed by atoms with E-state index in [4.69, 9.17) is 10.4 Å². The Hall–Kier alpha value is -2.95. The van der Waals surface area contributed by atoms with Crippen LogP contribution in [-0.2, 0) is 4.79 Å². The maximum Gasteiger partial charge on any atom is 0.336 e. The summed E-state index contributed by atoms with van der Waals surface area (Å²) in [6.45, 7) is 0. The Morgan fingerprint density at radius 1 is 1.44 bits per heavy atom. The number of hydrogen-bond donors (Lipinski definition) is 2. The third-order valence-electron chi connectivity index (χ3n) is 1.90. The van der Waals surface area contributed by atoms with Gasteiger partial charge in [0.25, 0.3) is 5.69 Å². The molecule has 0 saturated carbocycles. The number of nitro benzene ring substituents is 1. The molecule has 0 saturated heterocycles. The number of benzene rings is 1. The number of nitrogens with zero attached hydrogens (tertiary/aromatic N) is 2. The molecule has 0 aliphatic rings. The van der Waals surface area contributed by atoms with Gasteiger partial charge < -0.3 is 10.4 Å². The summed E-state index contributed by atoms with van der Waals surface area (Å²) in [4.78, 5) is 31.7. The maximum absolute atomic E-state index is 11.1. The summed E-state index contributed by atoms with van der Waals surface area (Å²) in [5.74, 6) is -2.02. The normalized spacial score (nSPS) is 9.28. The Balaban J connectivity index is 3.12. The fourth-order valence-electron chi connectivity index (χ4n) is 1.19. The second-order valence-electron chi connectivity index (χ2n) is 3.21. The van der Waals surface area contributed by atoms with Crippen LogP contribution in [0, 0.1) is 21.4 Å². The quantitative estimate of drug-likeness (QED) is 0.607. The van der Waals surface area contributed by atoms with Crippen LogP contribution in [0.5, 0.6) is 0 Å². The molecule has 0 bridgehead atoms. The van der Waals surface area contributed by atoms with Gasteiger partial charge in [-0.1, -0.05) is 0 Å². The van der Waals surface area contributed by atoms with Crippen molar-refractivity contribution >= 4 is 23.3 Å². The number of aromatic carboxylic acids is 1. The van der Waals surface area contributed by atoms with Crippen molar-refractivity contribution in [2.45, 2.75) is 6.42 Å². The molecular formula is C10H7N3O5. The van der Waals surface area contributed by atoms with E-state index in [2.05, 4.69) is 5.32 Å². The Kier molecular flexibility index (Phi) is 3.93. The first-order chi connectivity index (χ1) is 8.43. The van der Waals surface area contributed by atoms with Crippen LogP contribution in [0.25, 0.3) is 0 Å². The predicted octanol–water partition coefficient (Wildman–Crippen LogP) is 1.15. The highest BCUT2D eigenvalue weighted by Crippen LogP contribution is 2.21. The number of carboxylic acid groups (broad SMARTS) is 1. The minimum Gasteiger partial charge on any atom is -0.478 e. The lowest BCUT2D eigenvalue weighted by molar-refractivity contribution is -0.384. The van der Waals surface area contributed by atoms with Crippen molar-refractivity contribution in [1.29, 1.82) is 5.26 Å². The van der Waals surface area contributed by atoms with Gasteiger partial charge in [-0.25, -0.2) is 4.79 Å². The number of nitrogens with one attached hydrogen (secondary N) is 1. The van der Waals surface area contributed by atoms with E-state index >= 15 is 0 Å². The summed E-state index contributed by atoms with van der Waals surface area (Å²) in [5, 5.41) is 29.8. The molecule has 8 nitrogen and oxygen atoms in total. The number of carbonyl (C=O) groups excluding carboxylic acids is 1. The van der Waals surface area contributed by atoms with Crippen LogP contribution in [-0.4, -0.2) is 21.9 Å². The second-order valence-corrected chi connectivity index (χ2v) is 3.21. The van der Waals surface area contributed by atoms with Gasteiger partial charge >= 0.3 is 5.97 Å². The number of nitro groups is 1. The minimum absolute atomic E-state index is 0.0400. The first kappa shape index (κ1) is 13.1. The summed E-state index contributed by atoms with van der Waals surface area (Å²) >= 11 is 0. The van der Waals surface area contributed by atoms with E-state index in [1.165, 1.54) is 0 Å². The van der Waals surface area contributed by atoms with Crippen molar-refractivity contribution in [3.63, 3.8) is 0 Å². The van der Waals surface area contributed by atoms with E-state index in [0.717, 1.165) is 18.2 Å². The molecule has 0 heterocycles. The average molecular weight is 249 g/mol. The molecule has 0 radical (unpaired) electrons. The van der Waals surface area contributed by atoms with Crippen molar-refractivity contribution in [2.24, 2.45) is 0 Å². The molecule has 0 atom stereocenters. The summed E-state index contributed by atoms with van der Waals surface area (Å²) in [6, 6.07) is 4.57. The van der Waals surface area contributed by atoms with Gasteiger partial charge in [0.05, 0.1) is 16.6 Å².